The number of benzene rings is 2. The van der Waals surface area contributed by atoms with Crippen LogP contribution >= 0.6 is 0 Å². The number of rotatable bonds is 29. The van der Waals surface area contributed by atoms with Gasteiger partial charge in [-0.15, -0.1) is 0 Å². The molecular weight excluding hydrogens is 1400 g/mol. The van der Waals surface area contributed by atoms with E-state index < -0.39 is 246 Å². The predicted molar refractivity (Wildman–Crippen MR) is 345 cm³/mol. The first-order valence-electron chi connectivity index (χ1n) is 32.8. The largest absolute Gasteiger partial charge is 0.463 e. The van der Waals surface area contributed by atoms with Gasteiger partial charge in [0.05, 0.1) is 6.61 Å². The SMILES string of the molecule is CO[C@H]1O[C@H](CO[Si](c2ccccc2)(c2ccccc2)C(C)(C)C)[C@@H](O[C@@H]2O[C@H](COC(C)=O)[C@@H](O[C@@H]3O[C@H](COC(C)=O)[C@H](OC(C)=O)[C@H](OC(C)=O)[C@H]3OC(C)=O)[C@H](OC(C)=O)[C@H]2OC(C)=O)[C@H](O[C@H]2O[C@H]([C@H](COC(C)=O)OC(C)=O)[C@@H](OC(C)=O)[C@H](OC(C)=O)[C@@H]2OC(C)=O)[C@@H]1OC(C)=O. The highest BCUT2D eigenvalue weighted by atomic mass is 28.4. The number of hydrogen-bond acceptors (Lipinski definition) is 35. The predicted octanol–water partition coefficient (Wildman–Crippen LogP) is 1.27. The van der Waals surface area contributed by atoms with Gasteiger partial charge in [-0.25, -0.2) is 0 Å². The number of esters is 13. The van der Waals surface area contributed by atoms with E-state index in [2.05, 4.69) is 0 Å². The fourth-order valence-corrected chi connectivity index (χ4v) is 17.1. The number of hydrogen-bond donors (Lipinski definition) is 0. The summed E-state index contributed by atoms with van der Waals surface area (Å²) in [5.74, 6) is -13.5. The van der Waals surface area contributed by atoms with Crippen LogP contribution in [0.25, 0.3) is 0 Å². The molecule has 0 saturated carbocycles. The Morgan fingerprint density at radius 3 is 1.03 bits per heavy atom. The Labute approximate surface area is 599 Å². The molecule has 2 aromatic rings. The van der Waals surface area contributed by atoms with Gasteiger partial charge in [-0.1, -0.05) is 81.4 Å². The standard InChI is InChI=1S/C68H90O35Si/c1-32(69)83-28-47(87-35(4)72)52-55(89-37(6)74)59(92-40(9)77)63(96-44(13)81)67(102-52)103-58-54(50(97-64(82-17)60(58)93-41(10)78)31-86-104(68(14,15)16,45-24-20-18-21-25-45)46-26-22-19-23-27-46)101-66-62(95-43(12)80)57(91-39(8)76)53(49(99-66)30-85-34(3)71)100-65-61(94-42(11)79)56(90-38(7)75)51(88-36(5)73)48(98-65)29-84-33(2)70/h18-27,47-67H,28-31H2,1-17H3/t47-,48+,49+,50+,51-,52+,53+,54+,55+,56-,57-,58-,59-,60-,61+,62+,63-,64-,65-,66-,67+/m0/s1. The number of carbonyl (C=O) groups is 13. The fraction of sp³-hybridized carbons (Fsp3) is 0.632. The maximum Gasteiger partial charge on any atom is 0.303 e. The van der Waals surface area contributed by atoms with E-state index in [-0.39, 0.29) is 0 Å². The van der Waals surface area contributed by atoms with Crippen LogP contribution < -0.4 is 10.4 Å². The first-order valence-corrected chi connectivity index (χ1v) is 34.7. The van der Waals surface area contributed by atoms with Crippen LogP contribution in [-0.2, 0) is 166 Å². The van der Waals surface area contributed by atoms with Crippen LogP contribution in [0.1, 0.15) is 111 Å². The summed E-state index contributed by atoms with van der Waals surface area (Å²) < 4.78 is 135. The molecular formula is C68H90O35Si. The molecule has 4 aliphatic rings. The lowest BCUT2D eigenvalue weighted by atomic mass is 9.93. The highest BCUT2D eigenvalue weighted by molar-refractivity contribution is 6.99. The minimum atomic E-state index is -3.76. The zero-order valence-electron chi connectivity index (χ0n) is 60.5. The van der Waals surface area contributed by atoms with Crippen LogP contribution in [0.4, 0.5) is 0 Å². The molecule has 0 N–H and O–H groups in total. The molecule has 6 rings (SSSR count). The van der Waals surface area contributed by atoms with Gasteiger partial charge < -0.3 is 104 Å². The van der Waals surface area contributed by atoms with Crippen molar-refractivity contribution in [1.82, 2.24) is 0 Å². The minimum absolute atomic E-state index is 0.600. The third kappa shape index (κ3) is 22.7. The van der Waals surface area contributed by atoms with Crippen LogP contribution in [0.3, 0.4) is 0 Å². The summed E-state index contributed by atoms with van der Waals surface area (Å²) in [4.78, 5) is 171. The Morgan fingerprint density at radius 2 is 0.654 bits per heavy atom. The average Bonchev–Trinajstić information content (AvgIpc) is 0.749. The third-order valence-corrected chi connectivity index (χ3v) is 21.1. The molecule has 0 aromatic heterocycles. The summed E-state index contributed by atoms with van der Waals surface area (Å²) in [6.07, 6.45) is -41.4. The highest BCUT2D eigenvalue weighted by Gasteiger charge is 2.63. The fourth-order valence-electron chi connectivity index (χ4n) is 12.5. The molecule has 0 spiro atoms. The van der Waals surface area contributed by atoms with Gasteiger partial charge in [0.1, 0.15) is 62.5 Å². The minimum Gasteiger partial charge on any atom is -0.463 e. The number of ether oxygens (including phenoxy) is 21. The quantitative estimate of drug-likeness (QED) is 0.0628. The molecule has 0 bridgehead atoms. The van der Waals surface area contributed by atoms with Gasteiger partial charge in [-0.3, -0.25) is 62.3 Å². The van der Waals surface area contributed by atoms with Crippen LogP contribution in [0, 0.1) is 0 Å². The first-order chi connectivity index (χ1) is 48.8. The van der Waals surface area contributed by atoms with Crippen LogP contribution in [-0.4, -0.2) is 248 Å². The Morgan fingerprint density at radius 1 is 0.346 bits per heavy atom. The first kappa shape index (κ1) is 84.3. The maximum absolute atomic E-state index is 13.9. The molecule has 0 radical (unpaired) electrons. The Hall–Kier alpha value is -8.59. The van der Waals surface area contributed by atoms with E-state index in [0.29, 0.717) is 0 Å². The monoisotopic (exact) mass is 1490 g/mol. The lowest BCUT2D eigenvalue weighted by molar-refractivity contribution is -0.395. The van der Waals surface area contributed by atoms with Crippen LogP contribution in [0.5, 0.6) is 0 Å². The topological polar surface area (TPSA) is 425 Å². The van der Waals surface area contributed by atoms with Gasteiger partial charge in [0.15, 0.2) is 86.2 Å². The number of methoxy groups -OCH3 is 1. The molecule has 4 aliphatic heterocycles. The van der Waals surface area contributed by atoms with Gasteiger partial charge in [0.2, 0.25) is 0 Å². The molecule has 35 nitrogen and oxygen atoms in total. The van der Waals surface area contributed by atoms with E-state index in [1.807, 2.05) is 69.3 Å². The van der Waals surface area contributed by atoms with E-state index in [9.17, 15) is 62.3 Å². The summed E-state index contributed by atoms with van der Waals surface area (Å²) in [7, 11) is -2.61. The zero-order chi connectivity index (χ0) is 77.2. The van der Waals surface area contributed by atoms with E-state index in [0.717, 1.165) is 107 Å². The molecule has 36 heteroatoms. The smallest absolute Gasteiger partial charge is 0.303 e. The van der Waals surface area contributed by atoms with Crippen molar-refractivity contribution in [3.8, 4) is 0 Å². The second-order valence-electron chi connectivity index (χ2n) is 25.3. The van der Waals surface area contributed by atoms with E-state index in [1.165, 1.54) is 0 Å². The molecule has 2 aromatic carbocycles. The second kappa shape index (κ2) is 37.9. The van der Waals surface area contributed by atoms with Gasteiger partial charge in [-0.2, -0.15) is 0 Å². The Kier molecular flexibility index (Phi) is 30.7. The van der Waals surface area contributed by atoms with Crippen molar-refractivity contribution in [2.24, 2.45) is 0 Å². The Balaban J connectivity index is 1.69. The van der Waals surface area contributed by atoms with Gasteiger partial charge in [0, 0.05) is 97.1 Å². The lowest BCUT2D eigenvalue weighted by Crippen LogP contribution is -2.71. The van der Waals surface area contributed by atoms with Gasteiger partial charge in [-0.05, 0) is 15.4 Å². The average molecular weight is 1500 g/mol. The lowest BCUT2D eigenvalue weighted by Gasteiger charge is -2.52. The van der Waals surface area contributed by atoms with Crippen molar-refractivity contribution >= 4 is 96.3 Å². The number of carbonyl (C=O) groups excluding carboxylic acids is 13. The molecule has 104 heavy (non-hydrogen) atoms. The summed E-state index contributed by atoms with van der Waals surface area (Å²) >= 11 is 0. The summed E-state index contributed by atoms with van der Waals surface area (Å²) in [6.45, 7) is 15.3. The van der Waals surface area contributed by atoms with E-state index >= 15 is 0 Å². The van der Waals surface area contributed by atoms with Crippen LogP contribution in [0.2, 0.25) is 5.04 Å². The summed E-state index contributed by atoms with van der Waals surface area (Å²) in [5, 5.41) is 0.661. The summed E-state index contributed by atoms with van der Waals surface area (Å²) in [6, 6.07) is 18.3. The van der Waals surface area contributed by atoms with Crippen molar-refractivity contribution in [2.75, 3.05) is 33.5 Å². The molecule has 576 valence electrons. The van der Waals surface area contributed by atoms with Crippen LogP contribution in [0.15, 0.2) is 60.7 Å². The highest BCUT2D eigenvalue weighted by Crippen LogP contribution is 2.43. The maximum atomic E-state index is 13.9. The summed E-state index contributed by atoms with van der Waals surface area (Å²) in [5.41, 5.74) is 0. The molecule has 0 aliphatic carbocycles. The van der Waals surface area contributed by atoms with E-state index in [4.69, 9.17) is 104 Å². The second-order valence-corrected chi connectivity index (χ2v) is 29.6. The zero-order valence-corrected chi connectivity index (χ0v) is 61.5. The molecule has 4 heterocycles. The van der Waals surface area contributed by atoms with Crippen molar-refractivity contribution in [3.63, 3.8) is 0 Å². The molecule has 21 atom stereocenters. The van der Waals surface area contributed by atoms with Crippen molar-refractivity contribution in [2.45, 2.75) is 245 Å². The van der Waals surface area contributed by atoms with Gasteiger partial charge >= 0.3 is 77.6 Å². The van der Waals surface area contributed by atoms with Gasteiger partial charge in [0.25, 0.3) is 8.32 Å². The third-order valence-electron chi connectivity index (χ3n) is 16.0. The molecule has 0 amide bonds. The normalized spacial score (nSPS) is 29.3. The van der Waals surface area contributed by atoms with E-state index in [1.54, 1.807) is 12.1 Å². The molecule has 0 unspecified atom stereocenters. The molecule has 4 saturated heterocycles. The Bertz CT molecular complexity index is 3300. The van der Waals surface area contributed by atoms with Crippen molar-refractivity contribution < 1.29 is 166 Å². The van der Waals surface area contributed by atoms with Crippen molar-refractivity contribution in [3.05, 3.63) is 60.7 Å². The van der Waals surface area contributed by atoms with Crippen molar-refractivity contribution in [1.29, 1.82) is 0 Å². The molecule has 4 fully saturated rings.